The average Bonchev–Trinajstić information content (AvgIpc) is 3.15. The van der Waals surface area contributed by atoms with E-state index in [1.807, 2.05) is 56.3 Å². The summed E-state index contributed by atoms with van der Waals surface area (Å²) in [5.74, 6) is -0.149. The highest BCUT2D eigenvalue weighted by atomic mass is 16.2. The van der Waals surface area contributed by atoms with Gasteiger partial charge in [-0.15, -0.1) is 0 Å². The van der Waals surface area contributed by atoms with E-state index in [1.165, 1.54) is 5.56 Å². The summed E-state index contributed by atoms with van der Waals surface area (Å²) in [5, 5.41) is 3.03. The van der Waals surface area contributed by atoms with Gasteiger partial charge in [0.25, 0.3) is 0 Å². The Balaban J connectivity index is 1.58. The zero-order valence-corrected chi connectivity index (χ0v) is 16.4. The van der Waals surface area contributed by atoms with Crippen LogP contribution in [0.1, 0.15) is 40.5 Å². The maximum absolute atomic E-state index is 12.9. The lowest BCUT2D eigenvalue weighted by molar-refractivity contribution is -0.122. The van der Waals surface area contributed by atoms with Crippen molar-refractivity contribution in [2.24, 2.45) is 0 Å². The maximum atomic E-state index is 12.9. The first-order valence-electron chi connectivity index (χ1n) is 9.63. The Morgan fingerprint density at radius 2 is 1.68 bits per heavy atom. The first kappa shape index (κ1) is 19.6. The molecule has 0 aliphatic heterocycles. The second kappa shape index (κ2) is 9.18. The van der Waals surface area contributed by atoms with Gasteiger partial charge in [0.2, 0.25) is 11.7 Å². The van der Waals surface area contributed by atoms with Crippen molar-refractivity contribution in [3.8, 4) is 0 Å². The van der Waals surface area contributed by atoms with Gasteiger partial charge in [-0.05, 0) is 49.9 Å². The fraction of sp³-hybridized carbons (Fsp3) is 0.250. The summed E-state index contributed by atoms with van der Waals surface area (Å²) >= 11 is 0. The van der Waals surface area contributed by atoms with Crippen molar-refractivity contribution in [3.63, 3.8) is 0 Å². The number of hydrogen-bond donors (Lipinski definition) is 1. The highest BCUT2D eigenvalue weighted by Crippen LogP contribution is 2.15. The quantitative estimate of drug-likeness (QED) is 0.602. The van der Waals surface area contributed by atoms with Crippen LogP contribution in [0.25, 0.3) is 0 Å². The largest absolute Gasteiger partial charge is 0.352 e. The predicted octanol–water partition coefficient (Wildman–Crippen LogP) is 4.17. The minimum atomic E-state index is -0.0874. The van der Waals surface area contributed by atoms with Gasteiger partial charge in [-0.1, -0.05) is 54.6 Å². The number of aromatic nitrogens is 1. The topological polar surface area (TPSA) is 51.1 Å². The van der Waals surface area contributed by atoms with Gasteiger partial charge in [0, 0.05) is 17.8 Å². The Hall–Kier alpha value is -3.14. The number of nitrogens with one attached hydrogen (secondary N) is 1. The molecule has 0 saturated carbocycles. The predicted molar refractivity (Wildman–Crippen MR) is 111 cm³/mol. The van der Waals surface area contributed by atoms with Gasteiger partial charge in [0.1, 0.15) is 6.54 Å². The number of amides is 1. The molecular weight excluding hydrogens is 348 g/mol. The van der Waals surface area contributed by atoms with Crippen molar-refractivity contribution >= 4 is 11.7 Å². The molecule has 28 heavy (non-hydrogen) atoms. The number of benzene rings is 2. The number of rotatable bonds is 8. The van der Waals surface area contributed by atoms with E-state index in [-0.39, 0.29) is 24.3 Å². The summed E-state index contributed by atoms with van der Waals surface area (Å²) < 4.78 is 1.72. The van der Waals surface area contributed by atoms with Crippen molar-refractivity contribution in [2.45, 2.75) is 39.3 Å². The molecule has 0 spiro atoms. The maximum Gasteiger partial charge on any atom is 0.240 e. The van der Waals surface area contributed by atoms with Gasteiger partial charge in [-0.2, -0.15) is 0 Å². The Morgan fingerprint density at radius 1 is 0.964 bits per heavy atom. The Morgan fingerprint density at radius 3 is 2.43 bits per heavy atom. The fourth-order valence-electron chi connectivity index (χ4n) is 3.30. The molecule has 0 saturated heterocycles. The van der Waals surface area contributed by atoms with Gasteiger partial charge in [0.05, 0.1) is 5.69 Å². The SMILES string of the molecule is Cc1ccccc1C(=O)c1cccn1CC(=O)N[C@H](C)CCc1ccccc1. The first-order chi connectivity index (χ1) is 13.5. The monoisotopic (exact) mass is 374 g/mol. The van der Waals surface area contributed by atoms with Crippen LogP contribution in [-0.4, -0.2) is 22.3 Å². The second-order valence-electron chi connectivity index (χ2n) is 7.16. The molecule has 0 radical (unpaired) electrons. The summed E-state index contributed by atoms with van der Waals surface area (Å²) in [6.45, 7) is 4.06. The van der Waals surface area contributed by atoms with Crippen molar-refractivity contribution < 1.29 is 9.59 Å². The van der Waals surface area contributed by atoms with Crippen LogP contribution in [0.5, 0.6) is 0 Å². The van der Waals surface area contributed by atoms with Gasteiger partial charge in [-0.3, -0.25) is 9.59 Å². The van der Waals surface area contributed by atoms with E-state index in [2.05, 4.69) is 17.4 Å². The molecule has 1 atom stereocenters. The lowest BCUT2D eigenvalue weighted by Gasteiger charge is -2.15. The molecule has 1 aromatic heterocycles. The van der Waals surface area contributed by atoms with Crippen molar-refractivity contribution in [3.05, 3.63) is 95.3 Å². The molecule has 144 valence electrons. The highest BCUT2D eigenvalue weighted by molar-refractivity contribution is 6.09. The molecule has 0 bridgehead atoms. The molecule has 3 rings (SSSR count). The summed E-state index contributed by atoms with van der Waals surface area (Å²) in [6.07, 6.45) is 3.57. The van der Waals surface area contributed by atoms with Crippen LogP contribution < -0.4 is 5.32 Å². The molecular formula is C24H26N2O2. The Kier molecular flexibility index (Phi) is 6.43. The van der Waals surface area contributed by atoms with E-state index < -0.39 is 0 Å². The lowest BCUT2D eigenvalue weighted by Crippen LogP contribution is -2.35. The normalized spacial score (nSPS) is 11.8. The third kappa shape index (κ3) is 4.97. The molecule has 4 nitrogen and oxygen atoms in total. The van der Waals surface area contributed by atoms with Crippen LogP contribution in [0.3, 0.4) is 0 Å². The lowest BCUT2D eigenvalue weighted by atomic mass is 10.0. The molecule has 2 aromatic carbocycles. The van der Waals surface area contributed by atoms with E-state index in [0.29, 0.717) is 11.3 Å². The molecule has 4 heteroatoms. The molecule has 0 aliphatic carbocycles. The smallest absolute Gasteiger partial charge is 0.240 e. The highest BCUT2D eigenvalue weighted by Gasteiger charge is 2.17. The van der Waals surface area contributed by atoms with Gasteiger partial charge in [-0.25, -0.2) is 0 Å². The average molecular weight is 374 g/mol. The van der Waals surface area contributed by atoms with Crippen molar-refractivity contribution in [1.82, 2.24) is 9.88 Å². The van der Waals surface area contributed by atoms with Crippen LogP contribution in [0, 0.1) is 6.92 Å². The molecule has 1 amide bonds. The summed E-state index contributed by atoms with van der Waals surface area (Å²) in [4.78, 5) is 25.3. The third-order valence-corrected chi connectivity index (χ3v) is 4.88. The number of nitrogens with zero attached hydrogens (tertiary/aromatic N) is 1. The summed E-state index contributed by atoms with van der Waals surface area (Å²) in [7, 11) is 0. The van der Waals surface area contributed by atoms with E-state index in [1.54, 1.807) is 22.9 Å². The number of ketones is 1. The Bertz CT molecular complexity index is 944. The Labute approximate surface area is 166 Å². The van der Waals surface area contributed by atoms with Gasteiger partial charge >= 0.3 is 0 Å². The van der Waals surface area contributed by atoms with Gasteiger partial charge < -0.3 is 9.88 Å². The van der Waals surface area contributed by atoms with Crippen LogP contribution in [0.2, 0.25) is 0 Å². The van der Waals surface area contributed by atoms with Crippen molar-refractivity contribution in [2.75, 3.05) is 0 Å². The van der Waals surface area contributed by atoms with Crippen LogP contribution in [0.15, 0.2) is 72.9 Å². The molecule has 0 aliphatic rings. The van der Waals surface area contributed by atoms with E-state index in [0.717, 1.165) is 18.4 Å². The second-order valence-corrected chi connectivity index (χ2v) is 7.16. The van der Waals surface area contributed by atoms with Gasteiger partial charge in [0.15, 0.2) is 0 Å². The molecule has 3 aromatic rings. The standard InChI is InChI=1S/C24H26N2O2/c1-18-9-6-7-12-21(18)24(28)22-13-8-16-26(22)17-23(27)25-19(2)14-15-20-10-4-3-5-11-20/h3-13,16,19H,14-15,17H2,1-2H3,(H,25,27)/t19-/m1/s1. The number of carbonyl (C=O) groups is 2. The van der Waals surface area contributed by atoms with E-state index in [9.17, 15) is 9.59 Å². The number of hydrogen-bond acceptors (Lipinski definition) is 2. The van der Waals surface area contributed by atoms with E-state index >= 15 is 0 Å². The first-order valence-corrected chi connectivity index (χ1v) is 9.63. The summed E-state index contributed by atoms with van der Waals surface area (Å²) in [6, 6.07) is 21.4. The zero-order chi connectivity index (χ0) is 19.9. The van der Waals surface area contributed by atoms with Crippen molar-refractivity contribution in [1.29, 1.82) is 0 Å². The fourth-order valence-corrected chi connectivity index (χ4v) is 3.30. The number of aryl methyl sites for hydroxylation is 2. The minimum absolute atomic E-state index is 0.0620. The van der Waals surface area contributed by atoms with Crippen LogP contribution in [0.4, 0.5) is 0 Å². The number of carbonyl (C=O) groups excluding carboxylic acids is 2. The van der Waals surface area contributed by atoms with E-state index in [4.69, 9.17) is 0 Å². The summed E-state index contributed by atoms with van der Waals surface area (Å²) in [5.41, 5.74) is 3.39. The molecule has 0 unspecified atom stereocenters. The van der Waals surface area contributed by atoms with Crippen LogP contribution in [-0.2, 0) is 17.8 Å². The third-order valence-electron chi connectivity index (χ3n) is 4.88. The molecule has 1 N–H and O–H groups in total. The van der Waals surface area contributed by atoms with Crippen LogP contribution >= 0.6 is 0 Å². The molecule has 0 fully saturated rings. The minimum Gasteiger partial charge on any atom is -0.352 e. The zero-order valence-electron chi connectivity index (χ0n) is 16.4. The molecule has 1 heterocycles.